The van der Waals surface area contributed by atoms with E-state index >= 15 is 0 Å². The van der Waals surface area contributed by atoms with Crippen molar-refractivity contribution in [3.63, 3.8) is 0 Å². The molecule has 7 nitrogen and oxygen atoms in total. The molecule has 0 aliphatic carbocycles. The Morgan fingerprint density at radius 2 is 1.96 bits per heavy atom. The number of carbonyl (C=O) groups excluding carboxylic acids is 2. The molecular formula is C19H21FN4O3. The first-order chi connectivity index (χ1) is 13.1. The summed E-state index contributed by atoms with van der Waals surface area (Å²) in [7, 11) is 0. The molecule has 1 N–H and O–H groups in total. The molecule has 2 saturated heterocycles. The summed E-state index contributed by atoms with van der Waals surface area (Å²) in [6.45, 7) is 1.97. The van der Waals surface area contributed by atoms with Gasteiger partial charge in [0.05, 0.1) is 0 Å². The van der Waals surface area contributed by atoms with Crippen LogP contribution in [0.2, 0.25) is 0 Å². The van der Waals surface area contributed by atoms with Gasteiger partial charge in [-0.25, -0.2) is 9.07 Å². The van der Waals surface area contributed by atoms with E-state index in [2.05, 4.69) is 10.4 Å². The SMILES string of the molecule is O=C(NC1CCN(C2CCOCC2)C1=O)c1ccn(-c2ccccc2F)n1. The lowest BCUT2D eigenvalue weighted by Gasteiger charge is -2.31. The van der Waals surface area contributed by atoms with Crippen LogP contribution in [0.3, 0.4) is 0 Å². The summed E-state index contributed by atoms with van der Waals surface area (Å²) in [5, 5.41) is 6.90. The molecule has 1 atom stereocenters. The number of ether oxygens (including phenoxy) is 1. The van der Waals surface area contributed by atoms with Gasteiger partial charge in [-0.05, 0) is 37.5 Å². The fourth-order valence-corrected chi connectivity index (χ4v) is 3.64. The summed E-state index contributed by atoms with van der Waals surface area (Å²) >= 11 is 0. The molecule has 2 aliphatic heterocycles. The smallest absolute Gasteiger partial charge is 0.272 e. The van der Waals surface area contributed by atoms with Gasteiger partial charge in [0.15, 0.2) is 5.69 Å². The number of hydrogen-bond acceptors (Lipinski definition) is 4. The van der Waals surface area contributed by atoms with E-state index in [1.165, 1.54) is 23.0 Å². The third kappa shape index (κ3) is 3.57. The Hall–Kier alpha value is -2.74. The van der Waals surface area contributed by atoms with Crippen LogP contribution in [0, 0.1) is 5.82 Å². The molecule has 1 aromatic carbocycles. The second-order valence-corrected chi connectivity index (χ2v) is 6.79. The monoisotopic (exact) mass is 372 g/mol. The van der Waals surface area contributed by atoms with Gasteiger partial charge in [-0.1, -0.05) is 12.1 Å². The minimum absolute atomic E-state index is 0.0520. The van der Waals surface area contributed by atoms with Gasteiger partial charge in [-0.2, -0.15) is 5.10 Å². The molecule has 0 saturated carbocycles. The van der Waals surface area contributed by atoms with Crippen LogP contribution in [-0.2, 0) is 9.53 Å². The molecule has 27 heavy (non-hydrogen) atoms. The van der Waals surface area contributed by atoms with Gasteiger partial charge in [0.1, 0.15) is 17.5 Å². The van der Waals surface area contributed by atoms with Crippen LogP contribution < -0.4 is 5.32 Å². The normalized spacial score (nSPS) is 20.9. The largest absolute Gasteiger partial charge is 0.381 e. The highest BCUT2D eigenvalue weighted by Crippen LogP contribution is 2.21. The van der Waals surface area contributed by atoms with Crippen LogP contribution in [0.1, 0.15) is 29.8 Å². The zero-order chi connectivity index (χ0) is 18.8. The number of benzene rings is 1. The highest BCUT2D eigenvalue weighted by Gasteiger charge is 2.37. The van der Waals surface area contributed by atoms with Crippen molar-refractivity contribution in [3.8, 4) is 5.69 Å². The van der Waals surface area contributed by atoms with Crippen LogP contribution in [0.4, 0.5) is 4.39 Å². The first kappa shape index (κ1) is 17.7. The quantitative estimate of drug-likeness (QED) is 0.883. The summed E-state index contributed by atoms with van der Waals surface area (Å²) in [4.78, 5) is 27.0. The van der Waals surface area contributed by atoms with Crippen molar-refractivity contribution < 1.29 is 18.7 Å². The number of nitrogens with one attached hydrogen (secondary N) is 1. The maximum absolute atomic E-state index is 13.9. The van der Waals surface area contributed by atoms with E-state index in [0.717, 1.165) is 12.8 Å². The molecule has 0 bridgehead atoms. The fraction of sp³-hybridized carbons (Fsp3) is 0.421. The molecule has 3 heterocycles. The van der Waals surface area contributed by atoms with Crippen LogP contribution in [0.5, 0.6) is 0 Å². The number of aromatic nitrogens is 2. The van der Waals surface area contributed by atoms with E-state index in [1.54, 1.807) is 18.2 Å². The highest BCUT2D eigenvalue weighted by molar-refractivity contribution is 5.96. The molecule has 0 spiro atoms. The number of likely N-dealkylation sites (tertiary alicyclic amines) is 1. The van der Waals surface area contributed by atoms with Gasteiger partial charge in [0.2, 0.25) is 5.91 Å². The topological polar surface area (TPSA) is 76.5 Å². The Balaban J connectivity index is 1.41. The Kier molecular flexibility index (Phi) is 4.89. The average molecular weight is 372 g/mol. The van der Waals surface area contributed by atoms with Crippen molar-refractivity contribution in [2.45, 2.75) is 31.3 Å². The highest BCUT2D eigenvalue weighted by atomic mass is 19.1. The molecule has 1 unspecified atom stereocenters. The van der Waals surface area contributed by atoms with E-state index in [0.29, 0.717) is 26.2 Å². The predicted molar refractivity (Wildman–Crippen MR) is 94.9 cm³/mol. The number of hydrogen-bond donors (Lipinski definition) is 1. The molecule has 4 rings (SSSR count). The molecule has 1 aromatic heterocycles. The van der Waals surface area contributed by atoms with E-state index in [-0.39, 0.29) is 23.3 Å². The molecule has 0 radical (unpaired) electrons. The van der Waals surface area contributed by atoms with Crippen molar-refractivity contribution in [1.82, 2.24) is 20.0 Å². The summed E-state index contributed by atoms with van der Waals surface area (Å²) in [6.07, 6.45) is 3.77. The molecule has 8 heteroatoms. The predicted octanol–water partition coefficient (Wildman–Crippen LogP) is 1.52. The van der Waals surface area contributed by atoms with Gasteiger partial charge in [-0.15, -0.1) is 0 Å². The fourth-order valence-electron chi connectivity index (χ4n) is 3.64. The third-order valence-corrected chi connectivity index (χ3v) is 5.10. The van der Waals surface area contributed by atoms with Crippen molar-refractivity contribution in [1.29, 1.82) is 0 Å². The number of para-hydroxylation sites is 1. The number of halogens is 1. The minimum atomic E-state index is -0.543. The zero-order valence-electron chi connectivity index (χ0n) is 14.8. The zero-order valence-corrected chi connectivity index (χ0v) is 14.8. The van der Waals surface area contributed by atoms with Crippen molar-refractivity contribution >= 4 is 11.8 Å². The Morgan fingerprint density at radius 3 is 2.74 bits per heavy atom. The summed E-state index contributed by atoms with van der Waals surface area (Å²) in [5.41, 5.74) is 0.412. The standard InChI is InChI=1S/C19H21FN4O3/c20-14-3-1-2-4-17(14)24-10-6-15(22-24)18(25)21-16-5-9-23(19(16)26)13-7-11-27-12-8-13/h1-4,6,10,13,16H,5,7-9,11-12H2,(H,21,25). The molecule has 142 valence electrons. The van der Waals surface area contributed by atoms with Crippen LogP contribution in [0.25, 0.3) is 5.69 Å². The average Bonchev–Trinajstić information content (AvgIpc) is 3.31. The van der Waals surface area contributed by atoms with Crippen molar-refractivity contribution in [2.75, 3.05) is 19.8 Å². The maximum atomic E-state index is 13.9. The van der Waals surface area contributed by atoms with E-state index in [1.807, 2.05) is 4.90 Å². The third-order valence-electron chi connectivity index (χ3n) is 5.10. The van der Waals surface area contributed by atoms with Gasteiger partial charge >= 0.3 is 0 Å². The molecule has 2 amide bonds. The van der Waals surface area contributed by atoms with Gasteiger partial charge < -0.3 is 15.0 Å². The summed E-state index contributed by atoms with van der Waals surface area (Å²) in [5.74, 6) is -0.910. The lowest BCUT2D eigenvalue weighted by atomic mass is 10.1. The summed E-state index contributed by atoms with van der Waals surface area (Å²) < 4.78 is 20.5. The van der Waals surface area contributed by atoms with Crippen molar-refractivity contribution in [3.05, 3.63) is 48.0 Å². The Bertz CT molecular complexity index is 847. The van der Waals surface area contributed by atoms with Crippen LogP contribution >= 0.6 is 0 Å². The lowest BCUT2D eigenvalue weighted by molar-refractivity contribution is -0.132. The number of amides is 2. The summed E-state index contributed by atoms with van der Waals surface area (Å²) in [6, 6.07) is 7.35. The second kappa shape index (κ2) is 7.48. The van der Waals surface area contributed by atoms with Gasteiger partial charge in [0.25, 0.3) is 5.91 Å². The second-order valence-electron chi connectivity index (χ2n) is 6.79. The van der Waals surface area contributed by atoms with E-state index < -0.39 is 17.8 Å². The number of nitrogens with zero attached hydrogens (tertiary/aromatic N) is 3. The van der Waals surface area contributed by atoms with Crippen molar-refractivity contribution in [2.24, 2.45) is 0 Å². The molecule has 2 aromatic rings. The number of carbonyl (C=O) groups is 2. The Morgan fingerprint density at radius 1 is 1.19 bits per heavy atom. The molecular weight excluding hydrogens is 351 g/mol. The van der Waals surface area contributed by atoms with E-state index in [9.17, 15) is 14.0 Å². The number of rotatable bonds is 4. The Labute approximate surface area is 156 Å². The van der Waals surface area contributed by atoms with Gasteiger partial charge in [-0.3, -0.25) is 9.59 Å². The van der Waals surface area contributed by atoms with Gasteiger partial charge in [0, 0.05) is 32.0 Å². The van der Waals surface area contributed by atoms with Crippen LogP contribution in [0.15, 0.2) is 36.5 Å². The van der Waals surface area contributed by atoms with E-state index in [4.69, 9.17) is 4.74 Å². The first-order valence-corrected chi connectivity index (χ1v) is 9.13. The maximum Gasteiger partial charge on any atom is 0.272 e. The molecule has 2 fully saturated rings. The minimum Gasteiger partial charge on any atom is -0.381 e. The van der Waals surface area contributed by atoms with Crippen LogP contribution in [-0.4, -0.2) is 58.3 Å². The first-order valence-electron chi connectivity index (χ1n) is 9.13. The molecule has 2 aliphatic rings. The lowest BCUT2D eigenvalue weighted by Crippen LogP contribution is -2.46.